The molecule has 0 atom stereocenters. The predicted octanol–water partition coefficient (Wildman–Crippen LogP) is 4.85. The van der Waals surface area contributed by atoms with E-state index in [1.54, 1.807) is 6.07 Å². The first-order chi connectivity index (χ1) is 12.3. The van der Waals surface area contributed by atoms with Gasteiger partial charge in [-0.25, -0.2) is 8.78 Å². The van der Waals surface area contributed by atoms with Crippen LogP contribution in [-0.4, -0.2) is 5.91 Å². The number of nitrogens with one attached hydrogen (secondary N) is 2. The number of benzene rings is 2. The molecular formula is C20H19F2N3O. The normalized spacial score (nSPS) is 11.2. The zero-order valence-electron chi connectivity index (χ0n) is 14.7. The first-order valence-corrected chi connectivity index (χ1v) is 8.06. The van der Waals surface area contributed by atoms with Gasteiger partial charge in [-0.1, -0.05) is 32.0 Å². The first kappa shape index (κ1) is 19.1. The highest BCUT2D eigenvalue weighted by Gasteiger charge is 2.15. The quantitative estimate of drug-likeness (QED) is 0.595. The topological polar surface area (TPSA) is 64.9 Å². The van der Waals surface area contributed by atoms with Crippen molar-refractivity contribution in [3.8, 4) is 6.07 Å². The van der Waals surface area contributed by atoms with Gasteiger partial charge in [-0.15, -0.1) is 0 Å². The zero-order chi connectivity index (χ0) is 19.3. The molecule has 0 bridgehead atoms. The van der Waals surface area contributed by atoms with Crippen molar-refractivity contribution in [2.45, 2.75) is 26.7 Å². The number of rotatable bonds is 5. The fraction of sp³-hybridized carbons (Fsp3) is 0.200. The monoisotopic (exact) mass is 355 g/mol. The maximum Gasteiger partial charge on any atom is 0.267 e. The first-order valence-electron chi connectivity index (χ1n) is 8.06. The number of halogens is 2. The van der Waals surface area contributed by atoms with Crippen molar-refractivity contribution in [2.24, 2.45) is 0 Å². The summed E-state index contributed by atoms with van der Waals surface area (Å²) < 4.78 is 26.6. The number of nitrogens with zero attached hydrogens (tertiary/aromatic N) is 1. The van der Waals surface area contributed by atoms with Crippen LogP contribution in [0.15, 0.2) is 48.2 Å². The fourth-order valence-electron chi connectivity index (χ4n) is 2.43. The summed E-state index contributed by atoms with van der Waals surface area (Å²) in [6, 6.07) is 10.4. The van der Waals surface area contributed by atoms with Crippen LogP contribution in [0.1, 0.15) is 30.9 Å². The Morgan fingerprint density at radius 1 is 1.23 bits per heavy atom. The number of carbonyl (C=O) groups is 1. The van der Waals surface area contributed by atoms with Crippen LogP contribution >= 0.6 is 0 Å². The van der Waals surface area contributed by atoms with Crippen molar-refractivity contribution in [3.05, 3.63) is 70.9 Å². The fourth-order valence-corrected chi connectivity index (χ4v) is 2.43. The highest BCUT2D eigenvalue weighted by Crippen LogP contribution is 2.27. The van der Waals surface area contributed by atoms with Crippen LogP contribution in [0.4, 0.5) is 20.2 Å². The molecule has 2 N–H and O–H groups in total. The number of hydrogen-bond acceptors (Lipinski definition) is 3. The third kappa shape index (κ3) is 4.45. The van der Waals surface area contributed by atoms with Crippen LogP contribution in [0.3, 0.4) is 0 Å². The lowest BCUT2D eigenvalue weighted by Crippen LogP contribution is -2.17. The molecule has 0 aromatic heterocycles. The lowest BCUT2D eigenvalue weighted by Gasteiger charge is -2.16. The van der Waals surface area contributed by atoms with E-state index in [0.717, 1.165) is 23.4 Å². The van der Waals surface area contributed by atoms with E-state index in [1.165, 1.54) is 6.07 Å². The van der Waals surface area contributed by atoms with E-state index in [0.29, 0.717) is 11.8 Å². The molecule has 2 rings (SSSR count). The second kappa shape index (κ2) is 8.26. The molecule has 0 aliphatic heterocycles. The van der Waals surface area contributed by atoms with E-state index < -0.39 is 17.5 Å². The van der Waals surface area contributed by atoms with E-state index in [1.807, 2.05) is 39.0 Å². The summed E-state index contributed by atoms with van der Waals surface area (Å²) in [4.78, 5) is 12.4. The Labute approximate surface area is 151 Å². The van der Waals surface area contributed by atoms with Crippen molar-refractivity contribution in [2.75, 3.05) is 10.6 Å². The molecular weight excluding hydrogens is 336 g/mol. The Kier molecular flexibility index (Phi) is 6.07. The van der Waals surface area contributed by atoms with Crippen LogP contribution in [0.25, 0.3) is 0 Å². The Balaban J connectivity index is 2.23. The molecule has 0 fully saturated rings. The van der Waals surface area contributed by atoms with Crippen LogP contribution < -0.4 is 10.6 Å². The molecule has 6 heteroatoms. The second-order valence-corrected chi connectivity index (χ2v) is 6.09. The van der Waals surface area contributed by atoms with Gasteiger partial charge in [0.2, 0.25) is 0 Å². The number of anilines is 2. The summed E-state index contributed by atoms with van der Waals surface area (Å²) in [6.45, 7) is 5.87. The van der Waals surface area contributed by atoms with Gasteiger partial charge in [-0.2, -0.15) is 5.26 Å². The molecule has 4 nitrogen and oxygen atoms in total. The molecule has 134 valence electrons. The smallest absolute Gasteiger partial charge is 0.267 e. The van der Waals surface area contributed by atoms with Gasteiger partial charge in [0.15, 0.2) is 0 Å². The van der Waals surface area contributed by atoms with Gasteiger partial charge in [-0.05, 0) is 36.1 Å². The maximum absolute atomic E-state index is 13.6. The lowest BCUT2D eigenvalue weighted by molar-refractivity contribution is -0.112. The van der Waals surface area contributed by atoms with Crippen molar-refractivity contribution >= 4 is 17.3 Å². The Morgan fingerprint density at radius 2 is 1.96 bits per heavy atom. The Bertz CT molecular complexity index is 898. The molecule has 1 amide bonds. The summed E-state index contributed by atoms with van der Waals surface area (Å²) in [6.07, 6.45) is 1.10. The number of hydrogen-bond donors (Lipinski definition) is 2. The molecule has 0 saturated heterocycles. The van der Waals surface area contributed by atoms with Gasteiger partial charge < -0.3 is 10.6 Å². The number of carbonyl (C=O) groups excluding carboxylic acids is 1. The molecule has 26 heavy (non-hydrogen) atoms. The largest absolute Gasteiger partial charge is 0.358 e. The van der Waals surface area contributed by atoms with Crippen molar-refractivity contribution in [1.82, 2.24) is 0 Å². The summed E-state index contributed by atoms with van der Waals surface area (Å²) >= 11 is 0. The Morgan fingerprint density at radius 3 is 2.58 bits per heavy atom. The third-order valence-electron chi connectivity index (χ3n) is 3.83. The summed E-state index contributed by atoms with van der Waals surface area (Å²) in [5.41, 5.74) is 2.21. The standard InChI is InChI=1S/C20H19F2N3O/c1-12(2)16-6-4-5-13(3)19(16)25-20(26)14(10-23)11-24-18-8-7-15(21)9-17(18)22/h4-9,11-12,24H,1-3H3,(H,25,26)/b14-11-. The zero-order valence-corrected chi connectivity index (χ0v) is 14.7. The SMILES string of the molecule is Cc1cccc(C(C)C)c1NC(=O)/C(C#N)=C\Nc1ccc(F)cc1F. The van der Waals surface area contributed by atoms with E-state index in [2.05, 4.69) is 10.6 Å². The van der Waals surface area contributed by atoms with Crippen LogP contribution in [0.2, 0.25) is 0 Å². The van der Waals surface area contributed by atoms with E-state index in [4.69, 9.17) is 0 Å². The van der Waals surface area contributed by atoms with Crippen molar-refractivity contribution in [3.63, 3.8) is 0 Å². The molecule has 2 aromatic rings. The third-order valence-corrected chi connectivity index (χ3v) is 3.83. The molecule has 0 heterocycles. The average Bonchev–Trinajstić information content (AvgIpc) is 2.58. The molecule has 0 spiro atoms. The molecule has 0 saturated carbocycles. The summed E-state index contributed by atoms with van der Waals surface area (Å²) in [5.74, 6) is -1.96. The molecule has 2 aromatic carbocycles. The maximum atomic E-state index is 13.6. The minimum atomic E-state index is -0.819. The lowest BCUT2D eigenvalue weighted by atomic mass is 9.98. The minimum Gasteiger partial charge on any atom is -0.358 e. The van der Waals surface area contributed by atoms with Gasteiger partial charge >= 0.3 is 0 Å². The second-order valence-electron chi connectivity index (χ2n) is 6.09. The average molecular weight is 355 g/mol. The number of para-hydroxylation sites is 1. The molecule has 0 aliphatic carbocycles. The van der Waals surface area contributed by atoms with E-state index in [9.17, 15) is 18.8 Å². The van der Waals surface area contributed by atoms with Gasteiger partial charge in [0.1, 0.15) is 23.3 Å². The molecule has 0 aliphatic rings. The number of nitriles is 1. The molecule has 0 radical (unpaired) electrons. The van der Waals surface area contributed by atoms with Crippen molar-refractivity contribution < 1.29 is 13.6 Å². The number of amides is 1. The highest BCUT2D eigenvalue weighted by atomic mass is 19.1. The van der Waals surface area contributed by atoms with Gasteiger partial charge in [-0.3, -0.25) is 4.79 Å². The minimum absolute atomic E-state index is 0.0364. The van der Waals surface area contributed by atoms with Crippen LogP contribution in [-0.2, 0) is 4.79 Å². The van der Waals surface area contributed by atoms with Gasteiger partial charge in [0.25, 0.3) is 5.91 Å². The Hall–Kier alpha value is -3.20. The van der Waals surface area contributed by atoms with Gasteiger partial charge in [0, 0.05) is 18.0 Å². The summed E-state index contributed by atoms with van der Waals surface area (Å²) in [7, 11) is 0. The molecule has 0 unspecified atom stereocenters. The van der Waals surface area contributed by atoms with Crippen LogP contribution in [0, 0.1) is 29.9 Å². The number of aryl methyl sites for hydroxylation is 1. The van der Waals surface area contributed by atoms with E-state index in [-0.39, 0.29) is 17.2 Å². The predicted molar refractivity (Wildman–Crippen MR) is 97.6 cm³/mol. The van der Waals surface area contributed by atoms with Crippen LogP contribution in [0.5, 0.6) is 0 Å². The summed E-state index contributed by atoms with van der Waals surface area (Å²) in [5, 5.41) is 14.5. The van der Waals surface area contributed by atoms with Gasteiger partial charge in [0.05, 0.1) is 5.69 Å². The van der Waals surface area contributed by atoms with E-state index >= 15 is 0 Å². The van der Waals surface area contributed by atoms with Crippen molar-refractivity contribution in [1.29, 1.82) is 5.26 Å². The highest BCUT2D eigenvalue weighted by molar-refractivity contribution is 6.07.